The maximum Gasteiger partial charge on any atom is 0.218 e. The Morgan fingerprint density at radius 2 is 1.92 bits per heavy atom. The van der Waals surface area contributed by atoms with Crippen LogP contribution in [0.2, 0.25) is 10.0 Å². The summed E-state index contributed by atoms with van der Waals surface area (Å²) in [6.45, 7) is 2.16. The van der Waals surface area contributed by atoms with E-state index >= 15 is 0 Å². The summed E-state index contributed by atoms with van der Waals surface area (Å²) < 4.78 is 33.3. The number of ether oxygens (including phenoxy) is 1. The molecule has 0 bridgehead atoms. The Morgan fingerprint density at radius 1 is 1.12 bits per heavy atom. The molecule has 0 saturated carbocycles. The molecule has 0 amide bonds. The van der Waals surface area contributed by atoms with E-state index in [0.29, 0.717) is 41.9 Å². The Morgan fingerprint density at radius 3 is 2.73 bits per heavy atom. The zero-order valence-electron chi connectivity index (χ0n) is 14.1. The molecule has 1 atom stereocenters. The monoisotopic (exact) mass is 411 g/mol. The molecule has 2 heterocycles. The van der Waals surface area contributed by atoms with E-state index in [1.807, 2.05) is 12.1 Å². The van der Waals surface area contributed by atoms with Crippen LogP contribution in [0.1, 0.15) is 34.6 Å². The van der Waals surface area contributed by atoms with E-state index in [0.717, 1.165) is 12.0 Å². The van der Waals surface area contributed by atoms with Crippen molar-refractivity contribution in [2.45, 2.75) is 31.2 Å². The van der Waals surface area contributed by atoms with Crippen LogP contribution in [0.4, 0.5) is 0 Å². The number of rotatable bonds is 3. The van der Waals surface area contributed by atoms with Gasteiger partial charge < -0.3 is 4.74 Å². The fourth-order valence-corrected chi connectivity index (χ4v) is 5.64. The molecule has 2 aliphatic heterocycles. The average Bonchev–Trinajstić information content (AvgIpc) is 2.80. The van der Waals surface area contributed by atoms with Gasteiger partial charge in [0.1, 0.15) is 0 Å². The molecule has 26 heavy (non-hydrogen) atoms. The molecule has 0 aliphatic carbocycles. The molecular formula is C19H19Cl2NO3S. The SMILES string of the molecule is O=S(=O)(Cc1ccc(Cl)c(Cl)c1)N1CCC2COCc3cccc(c32)C1. The van der Waals surface area contributed by atoms with Gasteiger partial charge in [0.2, 0.25) is 10.0 Å². The summed E-state index contributed by atoms with van der Waals surface area (Å²) in [7, 11) is -3.47. The summed E-state index contributed by atoms with van der Waals surface area (Å²) in [5.41, 5.74) is 4.20. The highest BCUT2D eigenvalue weighted by Gasteiger charge is 2.32. The van der Waals surface area contributed by atoms with Gasteiger partial charge in [0.15, 0.2) is 0 Å². The van der Waals surface area contributed by atoms with E-state index in [1.54, 1.807) is 22.5 Å². The molecule has 2 aromatic rings. The van der Waals surface area contributed by atoms with E-state index in [2.05, 4.69) is 6.07 Å². The molecule has 0 N–H and O–H groups in total. The van der Waals surface area contributed by atoms with Crippen LogP contribution >= 0.6 is 23.2 Å². The molecule has 0 aromatic heterocycles. The lowest BCUT2D eigenvalue weighted by Gasteiger charge is -2.25. The molecule has 0 saturated heterocycles. The van der Waals surface area contributed by atoms with Gasteiger partial charge >= 0.3 is 0 Å². The summed E-state index contributed by atoms with van der Waals surface area (Å²) in [4.78, 5) is 0. The minimum Gasteiger partial charge on any atom is -0.376 e. The average molecular weight is 412 g/mol. The van der Waals surface area contributed by atoms with Crippen LogP contribution in [0.25, 0.3) is 0 Å². The largest absolute Gasteiger partial charge is 0.376 e. The van der Waals surface area contributed by atoms with Crippen LogP contribution in [0.15, 0.2) is 36.4 Å². The maximum absolute atomic E-state index is 13.0. The summed E-state index contributed by atoms with van der Waals surface area (Å²) in [5.74, 6) is 0.181. The molecule has 138 valence electrons. The fraction of sp³-hybridized carbons (Fsp3) is 0.368. The third-order valence-electron chi connectivity index (χ3n) is 5.07. The van der Waals surface area contributed by atoms with Crippen molar-refractivity contribution < 1.29 is 13.2 Å². The molecule has 4 rings (SSSR count). The topological polar surface area (TPSA) is 46.6 Å². The molecule has 2 aromatic carbocycles. The second-order valence-corrected chi connectivity index (χ2v) is 9.61. The van der Waals surface area contributed by atoms with Gasteiger partial charge in [-0.05, 0) is 40.8 Å². The molecule has 7 heteroatoms. The van der Waals surface area contributed by atoms with Crippen molar-refractivity contribution in [3.63, 3.8) is 0 Å². The standard InChI is InChI=1S/C19H19Cl2NO3S/c20-17-5-4-13(8-18(17)21)12-26(23,24)22-7-6-16-11-25-10-15-3-1-2-14(9-22)19(15)16/h1-5,8,16H,6-7,9-12H2. The van der Waals surface area contributed by atoms with E-state index in [9.17, 15) is 8.42 Å². The second-order valence-electron chi connectivity index (χ2n) is 6.83. The molecule has 4 nitrogen and oxygen atoms in total. The summed E-state index contributed by atoms with van der Waals surface area (Å²) >= 11 is 12.0. The Balaban J connectivity index is 1.62. The molecular weight excluding hydrogens is 393 g/mol. The number of hydrogen-bond donors (Lipinski definition) is 0. The normalized spacial score (nSPS) is 20.5. The second kappa shape index (κ2) is 7.13. The van der Waals surface area contributed by atoms with Crippen LogP contribution < -0.4 is 0 Å². The minimum atomic E-state index is -3.47. The Kier molecular flexibility index (Phi) is 5.01. The van der Waals surface area contributed by atoms with E-state index in [-0.39, 0.29) is 11.7 Å². The molecule has 1 unspecified atom stereocenters. The highest BCUT2D eigenvalue weighted by atomic mass is 35.5. The Labute approximate surface area is 163 Å². The maximum atomic E-state index is 13.0. The third-order valence-corrected chi connectivity index (χ3v) is 7.61. The number of hydrogen-bond acceptors (Lipinski definition) is 3. The first-order valence-corrected chi connectivity index (χ1v) is 10.9. The van der Waals surface area contributed by atoms with Gasteiger partial charge in [-0.25, -0.2) is 8.42 Å². The van der Waals surface area contributed by atoms with E-state index < -0.39 is 10.0 Å². The van der Waals surface area contributed by atoms with E-state index in [4.69, 9.17) is 27.9 Å². The fourth-order valence-electron chi connectivity index (χ4n) is 3.81. The van der Waals surface area contributed by atoms with Crippen molar-refractivity contribution in [3.05, 3.63) is 68.7 Å². The number of nitrogens with zero attached hydrogens (tertiary/aromatic N) is 1. The summed E-state index contributed by atoms with van der Waals surface area (Å²) in [6.07, 6.45) is 0.768. The number of sulfonamides is 1. The van der Waals surface area contributed by atoms with Gasteiger partial charge in [-0.2, -0.15) is 4.31 Å². The molecule has 0 fully saturated rings. The first kappa shape index (κ1) is 18.3. The highest BCUT2D eigenvalue weighted by molar-refractivity contribution is 7.88. The van der Waals surface area contributed by atoms with Crippen LogP contribution in [-0.2, 0) is 33.7 Å². The molecule has 0 spiro atoms. The predicted octanol–water partition coefficient (Wildman–Crippen LogP) is 4.34. The van der Waals surface area contributed by atoms with Crippen LogP contribution in [0.5, 0.6) is 0 Å². The van der Waals surface area contributed by atoms with Crippen LogP contribution in [0, 0.1) is 0 Å². The third kappa shape index (κ3) is 3.51. The summed E-state index contributed by atoms with van der Waals surface area (Å²) in [5, 5.41) is 0.790. The first-order chi connectivity index (χ1) is 12.4. The Hall–Kier alpha value is -1.11. The van der Waals surface area contributed by atoms with Crippen LogP contribution in [-0.4, -0.2) is 25.9 Å². The van der Waals surface area contributed by atoms with Gasteiger partial charge in [-0.15, -0.1) is 0 Å². The van der Waals surface area contributed by atoms with Gasteiger partial charge in [-0.3, -0.25) is 0 Å². The van der Waals surface area contributed by atoms with Crippen molar-refractivity contribution in [2.24, 2.45) is 0 Å². The van der Waals surface area contributed by atoms with Gasteiger partial charge in [-0.1, -0.05) is 47.5 Å². The smallest absolute Gasteiger partial charge is 0.218 e. The number of benzene rings is 2. The molecule has 0 radical (unpaired) electrons. The lowest BCUT2D eigenvalue weighted by Crippen LogP contribution is -2.32. The lowest BCUT2D eigenvalue weighted by atomic mass is 9.88. The predicted molar refractivity (Wildman–Crippen MR) is 103 cm³/mol. The van der Waals surface area contributed by atoms with Crippen molar-refractivity contribution in [1.29, 1.82) is 0 Å². The van der Waals surface area contributed by atoms with E-state index in [1.165, 1.54) is 11.1 Å². The van der Waals surface area contributed by atoms with Gasteiger partial charge in [0.25, 0.3) is 0 Å². The lowest BCUT2D eigenvalue weighted by molar-refractivity contribution is 0.0887. The zero-order valence-corrected chi connectivity index (χ0v) is 16.4. The first-order valence-electron chi connectivity index (χ1n) is 8.54. The van der Waals surface area contributed by atoms with Crippen LogP contribution in [0.3, 0.4) is 0 Å². The Bertz CT molecular complexity index is 946. The quantitative estimate of drug-likeness (QED) is 0.754. The highest BCUT2D eigenvalue weighted by Crippen LogP contribution is 2.36. The van der Waals surface area contributed by atoms with Crippen molar-refractivity contribution in [2.75, 3.05) is 13.2 Å². The van der Waals surface area contributed by atoms with Gasteiger partial charge in [0.05, 0.1) is 29.0 Å². The van der Waals surface area contributed by atoms with Crippen molar-refractivity contribution in [1.82, 2.24) is 4.31 Å². The summed E-state index contributed by atoms with van der Waals surface area (Å²) in [6, 6.07) is 11.1. The molecule has 2 aliphatic rings. The van der Waals surface area contributed by atoms with Gasteiger partial charge in [0, 0.05) is 19.0 Å². The zero-order chi connectivity index (χ0) is 18.3. The van der Waals surface area contributed by atoms with Crippen molar-refractivity contribution in [3.8, 4) is 0 Å². The van der Waals surface area contributed by atoms with Crippen molar-refractivity contribution >= 4 is 33.2 Å². The minimum absolute atomic E-state index is 0.0833. The number of halogens is 2.